The van der Waals surface area contributed by atoms with Crippen LogP contribution in [0.1, 0.15) is 24.1 Å². The first kappa shape index (κ1) is 15.3. The fraction of sp³-hybridized carbons (Fsp3) is 0.250. The van der Waals surface area contributed by atoms with Crippen LogP contribution < -0.4 is 5.32 Å². The lowest BCUT2D eigenvalue weighted by atomic mass is 9.98. The van der Waals surface area contributed by atoms with Gasteiger partial charge in [-0.05, 0) is 36.7 Å². The molecule has 0 amide bonds. The van der Waals surface area contributed by atoms with Crippen molar-refractivity contribution in [3.05, 3.63) is 69.5 Å². The minimum atomic E-state index is -0.196. The number of hydrogen-bond acceptors (Lipinski definition) is 1. The van der Waals surface area contributed by atoms with Crippen LogP contribution in [0.4, 0.5) is 4.39 Å². The topological polar surface area (TPSA) is 12.0 Å². The van der Waals surface area contributed by atoms with Crippen LogP contribution in [0.3, 0.4) is 0 Å². The zero-order valence-corrected chi connectivity index (χ0v) is 12.7. The lowest BCUT2D eigenvalue weighted by Gasteiger charge is -2.19. The van der Waals surface area contributed by atoms with E-state index < -0.39 is 0 Å². The van der Waals surface area contributed by atoms with Crippen molar-refractivity contribution < 1.29 is 4.39 Å². The van der Waals surface area contributed by atoms with E-state index in [4.69, 9.17) is 23.2 Å². The van der Waals surface area contributed by atoms with Gasteiger partial charge in [-0.2, -0.15) is 0 Å². The number of likely N-dealkylation sites (N-methyl/N-ethyl adjacent to an activating group) is 1. The summed E-state index contributed by atoms with van der Waals surface area (Å²) in [6.07, 6.45) is 0.658. The van der Waals surface area contributed by atoms with E-state index in [0.29, 0.717) is 22.0 Å². The molecule has 0 radical (unpaired) electrons. The fourth-order valence-electron chi connectivity index (χ4n) is 2.20. The molecule has 1 nitrogen and oxygen atoms in total. The third kappa shape index (κ3) is 3.72. The number of benzene rings is 2. The smallest absolute Gasteiger partial charge is 0.127 e. The monoisotopic (exact) mass is 311 g/mol. The van der Waals surface area contributed by atoms with Gasteiger partial charge in [0, 0.05) is 11.6 Å². The normalized spacial score (nSPS) is 12.4. The zero-order valence-electron chi connectivity index (χ0n) is 11.2. The maximum absolute atomic E-state index is 13.9. The predicted molar refractivity (Wildman–Crippen MR) is 83.0 cm³/mol. The van der Waals surface area contributed by atoms with Crippen molar-refractivity contribution in [1.82, 2.24) is 5.32 Å². The molecular formula is C16H16Cl2FN. The average Bonchev–Trinajstić information content (AvgIpc) is 2.43. The summed E-state index contributed by atoms with van der Waals surface area (Å²) in [5.41, 5.74) is 1.69. The van der Waals surface area contributed by atoms with Gasteiger partial charge in [0.25, 0.3) is 0 Å². The van der Waals surface area contributed by atoms with Crippen LogP contribution in [0.5, 0.6) is 0 Å². The molecule has 0 saturated carbocycles. The molecular weight excluding hydrogens is 296 g/mol. The molecule has 0 bridgehead atoms. The Hall–Kier alpha value is -1.09. The predicted octanol–water partition coefficient (Wildman–Crippen LogP) is 5.03. The zero-order chi connectivity index (χ0) is 14.5. The molecule has 4 heteroatoms. The van der Waals surface area contributed by atoms with E-state index in [1.165, 1.54) is 6.07 Å². The lowest BCUT2D eigenvalue weighted by Crippen LogP contribution is -2.23. The van der Waals surface area contributed by atoms with Crippen LogP contribution >= 0.6 is 23.2 Å². The molecule has 0 fully saturated rings. The van der Waals surface area contributed by atoms with Crippen LogP contribution in [0.15, 0.2) is 42.5 Å². The van der Waals surface area contributed by atoms with E-state index >= 15 is 0 Å². The Morgan fingerprint density at radius 2 is 1.85 bits per heavy atom. The summed E-state index contributed by atoms with van der Waals surface area (Å²) in [6.45, 7) is 2.77. The first-order valence-corrected chi connectivity index (χ1v) is 7.29. The van der Waals surface area contributed by atoms with Gasteiger partial charge in [-0.25, -0.2) is 4.39 Å². The first-order chi connectivity index (χ1) is 9.61. The van der Waals surface area contributed by atoms with Crippen molar-refractivity contribution in [1.29, 1.82) is 0 Å². The number of hydrogen-bond donors (Lipinski definition) is 1. The number of nitrogens with one attached hydrogen (secondary N) is 1. The van der Waals surface area contributed by atoms with Gasteiger partial charge >= 0.3 is 0 Å². The molecule has 0 spiro atoms. The van der Waals surface area contributed by atoms with Crippen LogP contribution in [-0.2, 0) is 6.42 Å². The highest BCUT2D eigenvalue weighted by Gasteiger charge is 2.15. The maximum Gasteiger partial charge on any atom is 0.127 e. The van der Waals surface area contributed by atoms with Crippen molar-refractivity contribution in [2.24, 2.45) is 0 Å². The summed E-state index contributed by atoms with van der Waals surface area (Å²) in [6, 6.07) is 12.3. The largest absolute Gasteiger partial charge is 0.310 e. The minimum absolute atomic E-state index is 0.0848. The summed E-state index contributed by atoms with van der Waals surface area (Å²) in [5.74, 6) is -0.196. The number of halogens is 3. The van der Waals surface area contributed by atoms with Gasteiger partial charge in [-0.1, -0.05) is 54.4 Å². The number of rotatable bonds is 5. The van der Waals surface area contributed by atoms with Crippen molar-refractivity contribution in [3.8, 4) is 0 Å². The van der Waals surface area contributed by atoms with Gasteiger partial charge in [0.2, 0.25) is 0 Å². The van der Waals surface area contributed by atoms with E-state index in [9.17, 15) is 4.39 Å². The first-order valence-electron chi connectivity index (χ1n) is 6.53. The molecule has 0 aliphatic carbocycles. The molecule has 106 valence electrons. The Kier molecular flexibility index (Phi) is 5.41. The molecule has 1 atom stereocenters. The molecule has 1 N–H and O–H groups in total. The second-order valence-electron chi connectivity index (χ2n) is 4.58. The van der Waals surface area contributed by atoms with E-state index in [1.54, 1.807) is 18.2 Å². The summed E-state index contributed by atoms with van der Waals surface area (Å²) >= 11 is 11.9. The Morgan fingerprint density at radius 3 is 2.50 bits per heavy atom. The second kappa shape index (κ2) is 7.07. The molecule has 2 rings (SSSR count). The third-order valence-electron chi connectivity index (χ3n) is 3.16. The van der Waals surface area contributed by atoms with Crippen LogP contribution in [0.25, 0.3) is 0 Å². The van der Waals surface area contributed by atoms with Gasteiger partial charge in [-0.15, -0.1) is 0 Å². The molecule has 1 unspecified atom stereocenters. The van der Waals surface area contributed by atoms with Crippen molar-refractivity contribution in [3.63, 3.8) is 0 Å². The van der Waals surface area contributed by atoms with Crippen molar-refractivity contribution >= 4 is 23.2 Å². The Balaban J connectivity index is 2.25. The highest BCUT2D eigenvalue weighted by molar-refractivity contribution is 6.42. The van der Waals surface area contributed by atoms with E-state index in [2.05, 4.69) is 5.32 Å². The quantitative estimate of drug-likeness (QED) is 0.817. The Morgan fingerprint density at radius 1 is 1.10 bits per heavy atom. The van der Waals surface area contributed by atoms with E-state index in [-0.39, 0.29) is 11.9 Å². The molecule has 2 aromatic carbocycles. The molecule has 20 heavy (non-hydrogen) atoms. The van der Waals surface area contributed by atoms with Gasteiger partial charge < -0.3 is 5.32 Å². The van der Waals surface area contributed by atoms with Gasteiger partial charge in [0.15, 0.2) is 0 Å². The minimum Gasteiger partial charge on any atom is -0.310 e. The van der Waals surface area contributed by atoms with E-state index in [0.717, 1.165) is 12.1 Å². The van der Waals surface area contributed by atoms with Gasteiger partial charge in [0.1, 0.15) is 5.82 Å². The second-order valence-corrected chi connectivity index (χ2v) is 5.40. The summed E-state index contributed by atoms with van der Waals surface area (Å²) in [5, 5.41) is 4.36. The molecule has 0 aliphatic heterocycles. The standard InChI is InChI=1S/C16H16Cl2FN/c1-2-20-16(12-5-3-4-6-15(12)19)10-11-7-8-13(17)14(18)9-11/h3-9,16,20H,2,10H2,1H3. The van der Waals surface area contributed by atoms with Gasteiger partial charge in [0.05, 0.1) is 10.0 Å². The summed E-state index contributed by atoms with van der Waals surface area (Å²) in [4.78, 5) is 0. The molecule has 0 aliphatic rings. The molecule has 0 heterocycles. The molecule has 2 aromatic rings. The van der Waals surface area contributed by atoms with Crippen LogP contribution in [-0.4, -0.2) is 6.54 Å². The maximum atomic E-state index is 13.9. The summed E-state index contributed by atoms with van der Waals surface area (Å²) in [7, 11) is 0. The lowest BCUT2D eigenvalue weighted by molar-refractivity contribution is 0.510. The Labute approximate surface area is 128 Å². The van der Waals surface area contributed by atoms with Crippen molar-refractivity contribution in [2.45, 2.75) is 19.4 Å². The molecule has 0 saturated heterocycles. The Bertz CT molecular complexity index is 586. The van der Waals surface area contributed by atoms with Crippen LogP contribution in [0.2, 0.25) is 10.0 Å². The van der Waals surface area contributed by atoms with Gasteiger partial charge in [-0.3, -0.25) is 0 Å². The highest BCUT2D eigenvalue weighted by atomic mass is 35.5. The summed E-state index contributed by atoms with van der Waals surface area (Å²) < 4.78 is 13.9. The third-order valence-corrected chi connectivity index (χ3v) is 3.89. The SMILES string of the molecule is CCNC(Cc1ccc(Cl)c(Cl)c1)c1ccccc1F. The highest BCUT2D eigenvalue weighted by Crippen LogP contribution is 2.26. The van der Waals surface area contributed by atoms with Crippen LogP contribution in [0, 0.1) is 5.82 Å². The average molecular weight is 312 g/mol. The van der Waals surface area contributed by atoms with Crippen molar-refractivity contribution in [2.75, 3.05) is 6.54 Å². The van der Waals surface area contributed by atoms with E-state index in [1.807, 2.05) is 25.1 Å². The fourth-order valence-corrected chi connectivity index (χ4v) is 2.52. The molecule has 0 aromatic heterocycles.